The van der Waals surface area contributed by atoms with E-state index in [1.807, 2.05) is 12.1 Å². The summed E-state index contributed by atoms with van der Waals surface area (Å²) in [5.74, 6) is 2.31. The van der Waals surface area contributed by atoms with Crippen LogP contribution in [0.4, 0.5) is 0 Å². The molecule has 1 aromatic heterocycles. The highest BCUT2D eigenvalue weighted by molar-refractivity contribution is 14.0. The van der Waals surface area contributed by atoms with E-state index in [9.17, 15) is 0 Å². The highest BCUT2D eigenvalue weighted by Crippen LogP contribution is 2.29. The molecule has 2 rings (SSSR count). The van der Waals surface area contributed by atoms with Crippen LogP contribution in [0.25, 0.3) is 0 Å². The number of rotatable bonds is 10. The Kier molecular flexibility index (Phi) is 10.8. The van der Waals surface area contributed by atoms with Gasteiger partial charge >= 0.3 is 0 Å². The van der Waals surface area contributed by atoms with E-state index in [0.717, 1.165) is 43.0 Å². The quantitative estimate of drug-likeness (QED) is 0.249. The van der Waals surface area contributed by atoms with Crippen molar-refractivity contribution >= 4 is 29.9 Å². The molecule has 6 heteroatoms. The van der Waals surface area contributed by atoms with Gasteiger partial charge in [-0.05, 0) is 36.8 Å². The van der Waals surface area contributed by atoms with Gasteiger partial charge < -0.3 is 15.4 Å². The van der Waals surface area contributed by atoms with Gasteiger partial charge in [-0.3, -0.25) is 4.99 Å². The summed E-state index contributed by atoms with van der Waals surface area (Å²) in [6.45, 7) is 4.71. The van der Waals surface area contributed by atoms with Crippen molar-refractivity contribution in [2.24, 2.45) is 10.9 Å². The molecule has 0 saturated heterocycles. The Morgan fingerprint density at radius 2 is 2.12 bits per heavy atom. The molecule has 0 unspecified atom stereocenters. The molecule has 0 amide bonds. The summed E-state index contributed by atoms with van der Waals surface area (Å²) in [6, 6.07) is 4.01. The first kappa shape index (κ1) is 21.0. The minimum Gasteiger partial charge on any atom is -0.477 e. The second-order valence-electron chi connectivity index (χ2n) is 6.17. The number of aliphatic imine (C=N–C) groups is 1. The third kappa shape index (κ3) is 8.70. The standard InChI is InChI=1S/C18H30N4O.HI/c1-3-4-5-6-10-21-18(19-2)22-13-16-9-11-20-17(12-16)23-14-15-7-8-15;/h9,11-12,15H,3-8,10,13-14H2,1-2H3,(H2,19,21,22);1H. The Morgan fingerprint density at radius 3 is 2.83 bits per heavy atom. The summed E-state index contributed by atoms with van der Waals surface area (Å²) < 4.78 is 5.72. The van der Waals surface area contributed by atoms with Crippen LogP contribution in [-0.2, 0) is 6.54 Å². The van der Waals surface area contributed by atoms with Crippen molar-refractivity contribution in [1.82, 2.24) is 15.6 Å². The number of nitrogens with zero attached hydrogens (tertiary/aromatic N) is 2. The largest absolute Gasteiger partial charge is 0.477 e. The predicted octanol–water partition coefficient (Wildman–Crippen LogP) is 3.73. The number of nitrogens with one attached hydrogen (secondary N) is 2. The average molecular weight is 446 g/mol. The minimum atomic E-state index is 0. The van der Waals surface area contributed by atoms with Gasteiger partial charge in [0.15, 0.2) is 5.96 Å². The molecule has 1 aliphatic carbocycles. The van der Waals surface area contributed by atoms with E-state index >= 15 is 0 Å². The molecule has 1 fully saturated rings. The van der Waals surface area contributed by atoms with Crippen molar-refractivity contribution in [2.75, 3.05) is 20.2 Å². The van der Waals surface area contributed by atoms with Gasteiger partial charge in [-0.1, -0.05) is 26.2 Å². The third-order valence-corrected chi connectivity index (χ3v) is 3.97. The first-order valence-electron chi connectivity index (χ1n) is 8.84. The Balaban J connectivity index is 0.00000288. The third-order valence-electron chi connectivity index (χ3n) is 3.97. The van der Waals surface area contributed by atoms with Gasteiger partial charge in [0.2, 0.25) is 5.88 Å². The van der Waals surface area contributed by atoms with Crippen LogP contribution in [0.1, 0.15) is 51.0 Å². The Morgan fingerprint density at radius 1 is 1.29 bits per heavy atom. The highest BCUT2D eigenvalue weighted by Gasteiger charge is 2.22. The zero-order valence-electron chi connectivity index (χ0n) is 14.9. The summed E-state index contributed by atoms with van der Waals surface area (Å²) in [5, 5.41) is 6.69. The monoisotopic (exact) mass is 446 g/mol. The van der Waals surface area contributed by atoms with E-state index in [2.05, 4.69) is 27.5 Å². The van der Waals surface area contributed by atoms with Crippen molar-refractivity contribution in [1.29, 1.82) is 0 Å². The van der Waals surface area contributed by atoms with Gasteiger partial charge in [0, 0.05) is 32.4 Å². The zero-order chi connectivity index (χ0) is 16.3. The fourth-order valence-corrected chi connectivity index (χ4v) is 2.29. The lowest BCUT2D eigenvalue weighted by Crippen LogP contribution is -2.37. The molecule has 0 aromatic carbocycles. The van der Waals surface area contributed by atoms with Crippen LogP contribution in [0.2, 0.25) is 0 Å². The molecule has 0 bridgehead atoms. The molecule has 0 atom stereocenters. The molecular formula is C18H31IN4O. The van der Waals surface area contributed by atoms with Gasteiger partial charge in [0.05, 0.1) is 6.61 Å². The summed E-state index contributed by atoms with van der Waals surface area (Å²) in [7, 11) is 1.80. The number of halogens is 1. The molecule has 1 heterocycles. The van der Waals surface area contributed by atoms with Crippen molar-refractivity contribution in [3.8, 4) is 5.88 Å². The Labute approximate surface area is 163 Å². The van der Waals surface area contributed by atoms with Gasteiger partial charge in [0.1, 0.15) is 0 Å². The van der Waals surface area contributed by atoms with Crippen LogP contribution in [0.3, 0.4) is 0 Å². The first-order chi connectivity index (χ1) is 11.3. The molecular weight excluding hydrogens is 415 g/mol. The number of ether oxygens (including phenoxy) is 1. The summed E-state index contributed by atoms with van der Waals surface area (Å²) >= 11 is 0. The summed E-state index contributed by atoms with van der Waals surface area (Å²) in [4.78, 5) is 8.53. The number of hydrogen-bond acceptors (Lipinski definition) is 3. The normalized spacial score (nSPS) is 14.0. The van der Waals surface area contributed by atoms with E-state index < -0.39 is 0 Å². The average Bonchev–Trinajstić information content (AvgIpc) is 3.40. The number of unbranched alkanes of at least 4 members (excludes halogenated alkanes) is 3. The number of pyridine rings is 1. The van der Waals surface area contributed by atoms with Crippen LogP contribution in [-0.4, -0.2) is 31.1 Å². The van der Waals surface area contributed by atoms with Crippen molar-refractivity contribution in [3.63, 3.8) is 0 Å². The van der Waals surface area contributed by atoms with Crippen LogP contribution in [0.5, 0.6) is 5.88 Å². The molecule has 2 N–H and O–H groups in total. The van der Waals surface area contributed by atoms with E-state index in [4.69, 9.17) is 4.74 Å². The maximum Gasteiger partial charge on any atom is 0.213 e. The van der Waals surface area contributed by atoms with Crippen molar-refractivity contribution in [2.45, 2.75) is 52.0 Å². The van der Waals surface area contributed by atoms with Crippen LogP contribution in [0.15, 0.2) is 23.3 Å². The van der Waals surface area contributed by atoms with E-state index in [0.29, 0.717) is 0 Å². The maximum absolute atomic E-state index is 5.72. The number of aromatic nitrogens is 1. The minimum absolute atomic E-state index is 0. The molecule has 5 nitrogen and oxygen atoms in total. The molecule has 0 spiro atoms. The van der Waals surface area contributed by atoms with Crippen LogP contribution in [0, 0.1) is 5.92 Å². The fraction of sp³-hybridized carbons (Fsp3) is 0.667. The number of hydrogen-bond donors (Lipinski definition) is 2. The lowest BCUT2D eigenvalue weighted by molar-refractivity contribution is 0.288. The maximum atomic E-state index is 5.72. The summed E-state index contributed by atoms with van der Waals surface area (Å²) in [6.07, 6.45) is 9.41. The predicted molar refractivity (Wildman–Crippen MR) is 110 cm³/mol. The summed E-state index contributed by atoms with van der Waals surface area (Å²) in [5.41, 5.74) is 1.15. The molecule has 1 saturated carbocycles. The lowest BCUT2D eigenvalue weighted by atomic mass is 10.2. The zero-order valence-corrected chi connectivity index (χ0v) is 17.2. The highest BCUT2D eigenvalue weighted by atomic mass is 127. The van der Waals surface area contributed by atoms with Gasteiger partial charge in [-0.2, -0.15) is 0 Å². The van der Waals surface area contributed by atoms with Crippen molar-refractivity contribution < 1.29 is 4.74 Å². The van der Waals surface area contributed by atoms with E-state index in [-0.39, 0.29) is 24.0 Å². The number of guanidine groups is 1. The first-order valence-corrected chi connectivity index (χ1v) is 8.84. The Bertz CT molecular complexity index is 492. The molecule has 1 aliphatic rings. The molecule has 0 radical (unpaired) electrons. The second-order valence-corrected chi connectivity index (χ2v) is 6.17. The van der Waals surface area contributed by atoms with E-state index in [1.165, 1.54) is 38.5 Å². The van der Waals surface area contributed by atoms with Gasteiger partial charge in [-0.15, -0.1) is 24.0 Å². The van der Waals surface area contributed by atoms with Gasteiger partial charge in [0.25, 0.3) is 0 Å². The lowest BCUT2D eigenvalue weighted by Gasteiger charge is -2.12. The smallest absolute Gasteiger partial charge is 0.213 e. The fourth-order valence-electron chi connectivity index (χ4n) is 2.29. The molecule has 1 aromatic rings. The Hall–Kier alpha value is -1.05. The topological polar surface area (TPSA) is 58.5 Å². The van der Waals surface area contributed by atoms with Crippen LogP contribution >= 0.6 is 24.0 Å². The van der Waals surface area contributed by atoms with E-state index in [1.54, 1.807) is 13.2 Å². The molecule has 0 aliphatic heterocycles. The SMILES string of the molecule is CCCCCCNC(=NC)NCc1ccnc(OCC2CC2)c1.I. The van der Waals surface area contributed by atoms with Gasteiger partial charge in [-0.25, -0.2) is 4.98 Å². The van der Waals surface area contributed by atoms with Crippen molar-refractivity contribution in [3.05, 3.63) is 23.9 Å². The second kappa shape index (κ2) is 12.3. The molecule has 136 valence electrons. The molecule has 24 heavy (non-hydrogen) atoms. The van der Waals surface area contributed by atoms with Crippen LogP contribution < -0.4 is 15.4 Å².